The van der Waals surface area contributed by atoms with Crippen LogP contribution in [0.2, 0.25) is 0 Å². The number of carbonyl (C=O) groups excluding carboxylic acids is 1. The van der Waals surface area contributed by atoms with Crippen molar-refractivity contribution in [3.05, 3.63) is 41.0 Å². The maximum atomic E-state index is 13.1. The van der Waals surface area contributed by atoms with E-state index in [1.807, 2.05) is 43.9 Å². The van der Waals surface area contributed by atoms with Gasteiger partial charge in [-0.05, 0) is 64.7 Å². The van der Waals surface area contributed by atoms with E-state index in [1.165, 1.54) is 0 Å². The summed E-state index contributed by atoms with van der Waals surface area (Å²) in [5.41, 5.74) is 3.62. The zero-order chi connectivity index (χ0) is 22.0. The summed E-state index contributed by atoms with van der Waals surface area (Å²) in [5.74, 6) is 0.607. The lowest BCUT2D eigenvalue weighted by atomic mass is 9.82. The number of hydrogen-bond acceptors (Lipinski definition) is 6. The second kappa shape index (κ2) is 8.91. The second-order valence-electron chi connectivity index (χ2n) is 9.23. The minimum Gasteiger partial charge on any atom is -0.389 e. The van der Waals surface area contributed by atoms with E-state index in [4.69, 9.17) is 4.98 Å². The summed E-state index contributed by atoms with van der Waals surface area (Å²) in [6.07, 6.45) is 6.67. The number of anilines is 2. The van der Waals surface area contributed by atoms with Crippen molar-refractivity contribution in [2.75, 3.05) is 11.9 Å². The third kappa shape index (κ3) is 5.21. The first-order valence-electron chi connectivity index (χ1n) is 11.4. The Morgan fingerprint density at radius 3 is 2.42 bits per heavy atom. The molecule has 1 aliphatic carbocycles. The van der Waals surface area contributed by atoms with Crippen LogP contribution >= 0.6 is 0 Å². The number of aryl methyl sites for hydroxylation is 3. The Hall–Kier alpha value is -2.54. The number of aliphatic hydroxyl groups is 1. The molecule has 2 fully saturated rings. The highest BCUT2D eigenvalue weighted by Gasteiger charge is 2.37. The molecule has 2 aromatic rings. The minimum atomic E-state index is -0.838. The Morgan fingerprint density at radius 2 is 1.71 bits per heavy atom. The summed E-state index contributed by atoms with van der Waals surface area (Å²) in [6, 6.07) is 5.85. The van der Waals surface area contributed by atoms with E-state index in [1.54, 1.807) is 0 Å². The number of pyridine rings is 1. The molecule has 4 rings (SSSR count). The number of hydrogen-bond donors (Lipinski definition) is 2. The molecule has 1 atom stereocenters. The van der Waals surface area contributed by atoms with Crippen LogP contribution in [0, 0.1) is 20.8 Å². The van der Waals surface area contributed by atoms with Crippen LogP contribution in [0.1, 0.15) is 80.2 Å². The Labute approximate surface area is 184 Å². The zero-order valence-corrected chi connectivity index (χ0v) is 18.8. The first-order chi connectivity index (χ1) is 14.8. The van der Waals surface area contributed by atoms with Gasteiger partial charge in [-0.15, -0.1) is 0 Å². The van der Waals surface area contributed by atoms with Gasteiger partial charge in [-0.2, -0.15) is 0 Å². The topological polar surface area (TPSA) is 91.2 Å². The molecule has 7 nitrogen and oxygen atoms in total. The number of rotatable bonds is 5. The summed E-state index contributed by atoms with van der Waals surface area (Å²) in [6.45, 7) is 6.58. The minimum absolute atomic E-state index is 0.0438. The van der Waals surface area contributed by atoms with Crippen LogP contribution in [0.4, 0.5) is 11.6 Å². The molecule has 0 bridgehead atoms. The second-order valence-corrected chi connectivity index (χ2v) is 9.23. The van der Waals surface area contributed by atoms with Gasteiger partial charge in [-0.1, -0.05) is 19.3 Å². The number of carbonyl (C=O) groups is 1. The number of nitrogens with zero attached hydrogens (tertiary/aromatic N) is 4. The summed E-state index contributed by atoms with van der Waals surface area (Å²) in [5, 5.41) is 14.2. The smallest absolute Gasteiger partial charge is 0.227 e. The first-order valence-corrected chi connectivity index (χ1v) is 11.4. The number of aromatic nitrogens is 3. The Kier molecular flexibility index (Phi) is 6.23. The summed E-state index contributed by atoms with van der Waals surface area (Å²) >= 11 is 0. The largest absolute Gasteiger partial charge is 0.389 e. The third-order valence-corrected chi connectivity index (χ3v) is 6.39. The molecule has 7 heteroatoms. The van der Waals surface area contributed by atoms with Gasteiger partial charge >= 0.3 is 0 Å². The maximum Gasteiger partial charge on any atom is 0.227 e. The van der Waals surface area contributed by atoms with Gasteiger partial charge < -0.3 is 15.3 Å². The number of nitrogens with one attached hydrogen (secondary N) is 1. The van der Waals surface area contributed by atoms with E-state index in [0.29, 0.717) is 5.95 Å². The lowest BCUT2D eigenvalue weighted by Crippen LogP contribution is -2.40. The van der Waals surface area contributed by atoms with Gasteiger partial charge in [-0.25, -0.2) is 9.97 Å². The average Bonchev–Trinajstić information content (AvgIpc) is 3.17. The molecule has 1 unspecified atom stereocenters. The van der Waals surface area contributed by atoms with Crippen molar-refractivity contribution < 1.29 is 9.90 Å². The Morgan fingerprint density at radius 1 is 1.03 bits per heavy atom. The molecular weight excluding hydrogens is 390 g/mol. The van der Waals surface area contributed by atoms with Crippen molar-refractivity contribution in [1.82, 2.24) is 19.9 Å². The zero-order valence-electron chi connectivity index (χ0n) is 18.8. The molecule has 2 aromatic heterocycles. The molecule has 1 saturated carbocycles. The fourth-order valence-electron chi connectivity index (χ4n) is 4.99. The quantitative estimate of drug-likeness (QED) is 0.745. The van der Waals surface area contributed by atoms with Crippen LogP contribution in [-0.4, -0.2) is 43.0 Å². The van der Waals surface area contributed by atoms with Crippen molar-refractivity contribution >= 4 is 17.5 Å². The monoisotopic (exact) mass is 423 g/mol. The lowest BCUT2D eigenvalue weighted by Gasteiger charge is -2.34. The lowest BCUT2D eigenvalue weighted by molar-refractivity contribution is -0.138. The predicted molar refractivity (Wildman–Crippen MR) is 120 cm³/mol. The van der Waals surface area contributed by atoms with E-state index >= 15 is 0 Å². The normalized spacial score (nSPS) is 20.6. The van der Waals surface area contributed by atoms with E-state index in [-0.39, 0.29) is 18.4 Å². The molecule has 31 heavy (non-hydrogen) atoms. The van der Waals surface area contributed by atoms with Gasteiger partial charge in [-0.3, -0.25) is 9.78 Å². The summed E-state index contributed by atoms with van der Waals surface area (Å²) < 4.78 is 0. The molecular formula is C24H33N5O2. The van der Waals surface area contributed by atoms with Gasteiger partial charge in [0.1, 0.15) is 0 Å². The van der Waals surface area contributed by atoms with Crippen molar-refractivity contribution in [3.63, 3.8) is 0 Å². The fraction of sp³-hybridized carbons (Fsp3) is 0.583. The van der Waals surface area contributed by atoms with Crippen LogP contribution in [0.25, 0.3) is 0 Å². The van der Waals surface area contributed by atoms with Crippen molar-refractivity contribution in [3.8, 4) is 0 Å². The molecule has 1 amide bonds. The summed E-state index contributed by atoms with van der Waals surface area (Å²) in [7, 11) is 0. The van der Waals surface area contributed by atoms with Crippen molar-refractivity contribution in [2.45, 2.75) is 83.8 Å². The van der Waals surface area contributed by atoms with E-state index < -0.39 is 5.60 Å². The van der Waals surface area contributed by atoms with E-state index in [0.717, 1.165) is 80.0 Å². The number of amides is 1. The molecule has 3 heterocycles. The number of likely N-dealkylation sites (tertiary alicyclic amines) is 1. The highest BCUT2D eigenvalue weighted by Crippen LogP contribution is 2.36. The standard InChI is InChI=1S/C24H33N5O2/c1-16-12-17(2)27-23(26-16)28-19-13-18(3)25-20(14-19)21-8-7-11-29(21)22(30)15-24(31)9-5-4-6-10-24/h12-14,21,31H,4-11,15H2,1-3H3,(H,25,26,27,28). The summed E-state index contributed by atoms with van der Waals surface area (Å²) in [4.78, 5) is 28.7. The van der Waals surface area contributed by atoms with Gasteiger partial charge in [0, 0.05) is 29.3 Å². The maximum absolute atomic E-state index is 13.1. The van der Waals surface area contributed by atoms with Crippen LogP contribution in [-0.2, 0) is 4.79 Å². The van der Waals surface area contributed by atoms with Crippen LogP contribution in [0.15, 0.2) is 18.2 Å². The fourth-order valence-corrected chi connectivity index (χ4v) is 4.99. The third-order valence-electron chi connectivity index (χ3n) is 6.39. The Balaban J connectivity index is 1.53. The van der Waals surface area contributed by atoms with Gasteiger partial charge in [0.25, 0.3) is 0 Å². The van der Waals surface area contributed by atoms with E-state index in [2.05, 4.69) is 15.3 Å². The molecule has 0 spiro atoms. The highest BCUT2D eigenvalue weighted by atomic mass is 16.3. The van der Waals surface area contributed by atoms with E-state index in [9.17, 15) is 9.90 Å². The molecule has 1 saturated heterocycles. The SMILES string of the molecule is Cc1cc(Nc2nc(C)cc(C)n2)cc(C2CCCN2C(=O)CC2(O)CCCCC2)n1. The molecule has 0 radical (unpaired) electrons. The van der Waals surface area contributed by atoms with Crippen LogP contribution in [0.5, 0.6) is 0 Å². The van der Waals surface area contributed by atoms with Crippen molar-refractivity contribution in [1.29, 1.82) is 0 Å². The molecule has 166 valence electrons. The average molecular weight is 424 g/mol. The molecule has 2 N–H and O–H groups in total. The van der Waals surface area contributed by atoms with Crippen molar-refractivity contribution in [2.24, 2.45) is 0 Å². The molecule has 1 aliphatic heterocycles. The van der Waals surface area contributed by atoms with Crippen LogP contribution < -0.4 is 5.32 Å². The van der Waals surface area contributed by atoms with Gasteiger partial charge in [0.2, 0.25) is 11.9 Å². The van der Waals surface area contributed by atoms with Gasteiger partial charge in [0.15, 0.2) is 0 Å². The first kappa shape index (κ1) is 21.7. The molecule has 2 aliphatic rings. The van der Waals surface area contributed by atoms with Crippen LogP contribution in [0.3, 0.4) is 0 Å². The Bertz CT molecular complexity index is 935. The van der Waals surface area contributed by atoms with Gasteiger partial charge in [0.05, 0.1) is 23.8 Å². The highest BCUT2D eigenvalue weighted by molar-refractivity contribution is 5.78. The predicted octanol–water partition coefficient (Wildman–Crippen LogP) is 4.29. The molecule has 0 aromatic carbocycles.